The minimum Gasteiger partial charge on any atom is -0.346 e. The normalized spacial score (nSPS) is 11.4. The number of nitrogens with one attached hydrogen (secondary N) is 1. The van der Waals surface area contributed by atoms with E-state index in [0.29, 0.717) is 17.2 Å². The predicted octanol–water partition coefficient (Wildman–Crippen LogP) is 2.24. The molecule has 7 heteroatoms. The zero-order chi connectivity index (χ0) is 13.5. The van der Waals surface area contributed by atoms with Crippen LogP contribution in [0.25, 0.3) is 16.7 Å². The monoisotopic (exact) mass is 284 g/mol. The molecule has 0 aliphatic carbocycles. The number of hydrogen-bond acceptors (Lipinski definition) is 4. The Hall–Kier alpha value is -2.47. The van der Waals surface area contributed by atoms with E-state index < -0.39 is 0 Å². The fourth-order valence-electron chi connectivity index (χ4n) is 2.25. The Balaban J connectivity index is 1.82. The third-order valence-corrected chi connectivity index (χ3v) is 3.38. The van der Waals surface area contributed by atoms with Crippen molar-refractivity contribution in [1.82, 2.24) is 29.8 Å². The van der Waals surface area contributed by atoms with Gasteiger partial charge < -0.3 is 4.98 Å². The van der Waals surface area contributed by atoms with Gasteiger partial charge in [0.15, 0.2) is 11.5 Å². The molecule has 0 saturated heterocycles. The lowest BCUT2D eigenvalue weighted by atomic mass is 10.1. The van der Waals surface area contributed by atoms with E-state index in [0.717, 1.165) is 22.4 Å². The smallest absolute Gasteiger partial charge is 0.178 e. The maximum Gasteiger partial charge on any atom is 0.178 e. The van der Waals surface area contributed by atoms with Gasteiger partial charge in [0.1, 0.15) is 10.8 Å². The second-order valence-electron chi connectivity index (χ2n) is 4.43. The summed E-state index contributed by atoms with van der Waals surface area (Å²) < 4.78 is 1.66. The molecule has 98 valence electrons. The van der Waals surface area contributed by atoms with Gasteiger partial charge in [-0.25, -0.2) is 4.98 Å². The maximum atomic E-state index is 5.92. The summed E-state index contributed by atoms with van der Waals surface area (Å²) in [5, 5.41) is 14.0. The van der Waals surface area contributed by atoms with Crippen LogP contribution in [0.2, 0.25) is 5.15 Å². The molecular formula is C13H9ClN6. The highest BCUT2D eigenvalue weighted by atomic mass is 35.5. The van der Waals surface area contributed by atoms with Gasteiger partial charge in [-0.3, -0.25) is 0 Å². The largest absolute Gasteiger partial charge is 0.346 e. The maximum absolute atomic E-state index is 5.92. The number of aromatic amines is 1. The summed E-state index contributed by atoms with van der Waals surface area (Å²) in [5.74, 6) is 0.743. The zero-order valence-corrected chi connectivity index (χ0v) is 11.0. The molecule has 0 aliphatic heterocycles. The SMILES string of the molecule is Clc1ccc2nnc(Cc3c[nH]c4ncccc34)n2n1. The number of nitrogens with zero attached hydrogens (tertiary/aromatic N) is 5. The van der Waals surface area contributed by atoms with Crippen LogP contribution >= 0.6 is 11.6 Å². The van der Waals surface area contributed by atoms with Gasteiger partial charge in [-0.05, 0) is 29.8 Å². The highest BCUT2D eigenvalue weighted by molar-refractivity contribution is 6.29. The first-order chi connectivity index (χ1) is 9.81. The van der Waals surface area contributed by atoms with E-state index in [1.807, 2.05) is 18.3 Å². The Morgan fingerprint density at radius 2 is 2.15 bits per heavy atom. The van der Waals surface area contributed by atoms with E-state index in [9.17, 15) is 0 Å². The lowest BCUT2D eigenvalue weighted by molar-refractivity contribution is 0.840. The number of hydrogen-bond donors (Lipinski definition) is 1. The van der Waals surface area contributed by atoms with Crippen LogP contribution in [0.15, 0.2) is 36.7 Å². The Labute approximate surface area is 118 Å². The number of H-pyrrole nitrogens is 1. The van der Waals surface area contributed by atoms with Crippen molar-refractivity contribution >= 4 is 28.3 Å². The van der Waals surface area contributed by atoms with Crippen LogP contribution in [-0.2, 0) is 6.42 Å². The average Bonchev–Trinajstić information content (AvgIpc) is 3.05. The van der Waals surface area contributed by atoms with E-state index in [4.69, 9.17) is 11.6 Å². The summed E-state index contributed by atoms with van der Waals surface area (Å²) in [7, 11) is 0. The predicted molar refractivity (Wildman–Crippen MR) is 74.7 cm³/mol. The van der Waals surface area contributed by atoms with Gasteiger partial charge in [-0.2, -0.15) is 9.61 Å². The lowest BCUT2D eigenvalue weighted by Gasteiger charge is -1.98. The molecule has 0 aromatic carbocycles. The third-order valence-electron chi connectivity index (χ3n) is 3.18. The minimum absolute atomic E-state index is 0.416. The van der Waals surface area contributed by atoms with Crippen LogP contribution in [0.4, 0.5) is 0 Å². The molecule has 0 unspecified atom stereocenters. The third kappa shape index (κ3) is 1.73. The Kier molecular flexibility index (Phi) is 2.43. The molecule has 4 heterocycles. The molecule has 0 amide bonds. The number of halogens is 1. The summed E-state index contributed by atoms with van der Waals surface area (Å²) in [5.41, 5.74) is 2.65. The summed E-state index contributed by atoms with van der Waals surface area (Å²) in [6, 6.07) is 7.43. The van der Waals surface area contributed by atoms with Gasteiger partial charge in [0.25, 0.3) is 0 Å². The molecule has 1 N–H and O–H groups in total. The molecule has 0 fully saturated rings. The molecule has 20 heavy (non-hydrogen) atoms. The van der Waals surface area contributed by atoms with Crippen LogP contribution < -0.4 is 0 Å². The van der Waals surface area contributed by atoms with Gasteiger partial charge in [-0.15, -0.1) is 10.2 Å². The topological polar surface area (TPSA) is 71.8 Å². The van der Waals surface area contributed by atoms with E-state index in [1.165, 1.54) is 0 Å². The Morgan fingerprint density at radius 1 is 1.20 bits per heavy atom. The molecule has 0 bridgehead atoms. The van der Waals surface area contributed by atoms with Crippen molar-refractivity contribution in [3.8, 4) is 0 Å². The van der Waals surface area contributed by atoms with Gasteiger partial charge in [0, 0.05) is 24.2 Å². The number of aromatic nitrogens is 6. The molecular weight excluding hydrogens is 276 g/mol. The molecule has 4 aromatic rings. The van der Waals surface area contributed by atoms with Crippen molar-refractivity contribution in [3.05, 3.63) is 53.2 Å². The highest BCUT2D eigenvalue weighted by Crippen LogP contribution is 2.19. The Bertz CT molecular complexity index is 909. The first kappa shape index (κ1) is 11.4. The molecule has 0 radical (unpaired) electrons. The van der Waals surface area contributed by atoms with Gasteiger partial charge in [0.2, 0.25) is 0 Å². The summed E-state index contributed by atoms with van der Waals surface area (Å²) in [4.78, 5) is 7.42. The molecule has 6 nitrogen and oxygen atoms in total. The minimum atomic E-state index is 0.416. The summed E-state index contributed by atoms with van der Waals surface area (Å²) in [6.07, 6.45) is 4.31. The molecule has 4 aromatic heterocycles. The van der Waals surface area contributed by atoms with Crippen molar-refractivity contribution < 1.29 is 0 Å². The van der Waals surface area contributed by atoms with E-state index in [1.54, 1.807) is 22.8 Å². The van der Waals surface area contributed by atoms with Crippen molar-refractivity contribution in [3.63, 3.8) is 0 Å². The number of rotatable bonds is 2. The fourth-order valence-corrected chi connectivity index (χ4v) is 2.39. The lowest BCUT2D eigenvalue weighted by Crippen LogP contribution is -1.99. The van der Waals surface area contributed by atoms with Crippen LogP contribution in [0.3, 0.4) is 0 Å². The van der Waals surface area contributed by atoms with Crippen molar-refractivity contribution in [1.29, 1.82) is 0 Å². The summed E-state index contributed by atoms with van der Waals surface area (Å²) in [6.45, 7) is 0. The van der Waals surface area contributed by atoms with Crippen LogP contribution in [0.5, 0.6) is 0 Å². The standard InChI is InChI=1S/C13H9ClN6/c14-10-3-4-11-17-18-12(20(11)19-10)6-8-7-16-13-9(8)2-1-5-15-13/h1-5,7H,6H2,(H,15,16). The van der Waals surface area contributed by atoms with Crippen molar-refractivity contribution in [2.45, 2.75) is 6.42 Å². The van der Waals surface area contributed by atoms with E-state index in [-0.39, 0.29) is 0 Å². The molecule has 4 rings (SSSR count). The van der Waals surface area contributed by atoms with E-state index >= 15 is 0 Å². The van der Waals surface area contributed by atoms with Gasteiger partial charge >= 0.3 is 0 Å². The second-order valence-corrected chi connectivity index (χ2v) is 4.82. The molecule has 0 aliphatic rings. The van der Waals surface area contributed by atoms with Crippen LogP contribution in [-0.4, -0.2) is 29.8 Å². The highest BCUT2D eigenvalue weighted by Gasteiger charge is 2.11. The second kappa shape index (κ2) is 4.28. The zero-order valence-electron chi connectivity index (χ0n) is 10.3. The number of pyridine rings is 1. The van der Waals surface area contributed by atoms with Gasteiger partial charge in [-0.1, -0.05) is 11.6 Å². The van der Waals surface area contributed by atoms with Crippen molar-refractivity contribution in [2.24, 2.45) is 0 Å². The molecule has 0 atom stereocenters. The first-order valence-corrected chi connectivity index (χ1v) is 6.47. The van der Waals surface area contributed by atoms with Crippen LogP contribution in [0.1, 0.15) is 11.4 Å². The molecule has 0 saturated carbocycles. The number of fused-ring (bicyclic) bond motifs is 2. The van der Waals surface area contributed by atoms with Crippen LogP contribution in [0, 0.1) is 0 Å². The quantitative estimate of drug-likeness (QED) is 0.613. The summed E-state index contributed by atoms with van der Waals surface area (Å²) >= 11 is 5.92. The van der Waals surface area contributed by atoms with Crippen molar-refractivity contribution in [2.75, 3.05) is 0 Å². The Morgan fingerprint density at radius 3 is 3.10 bits per heavy atom. The first-order valence-electron chi connectivity index (χ1n) is 6.09. The van der Waals surface area contributed by atoms with E-state index in [2.05, 4.69) is 25.3 Å². The van der Waals surface area contributed by atoms with Gasteiger partial charge in [0.05, 0.1) is 0 Å². The molecule has 0 spiro atoms. The average molecular weight is 285 g/mol. The fraction of sp³-hybridized carbons (Fsp3) is 0.0769.